The van der Waals surface area contributed by atoms with E-state index in [0.29, 0.717) is 24.3 Å². The van der Waals surface area contributed by atoms with E-state index in [1.165, 1.54) is 17.8 Å². The maximum atomic E-state index is 11.2. The molecule has 0 aliphatic carbocycles. The second kappa shape index (κ2) is 3.71. The molecular weight excluding hydrogens is 246 g/mol. The van der Waals surface area contributed by atoms with Crippen molar-refractivity contribution in [1.82, 2.24) is 4.37 Å². The molecule has 86 valence electrons. The van der Waals surface area contributed by atoms with Crippen molar-refractivity contribution in [2.45, 2.75) is 12.2 Å². The summed E-state index contributed by atoms with van der Waals surface area (Å²) in [6.45, 7) is 2.72. The topological polar surface area (TPSA) is 74.1 Å². The molecule has 1 aliphatic heterocycles. The van der Waals surface area contributed by atoms with E-state index in [4.69, 9.17) is 5.26 Å². The van der Waals surface area contributed by atoms with E-state index >= 15 is 0 Å². The molecule has 0 N–H and O–H groups in total. The Balaban J connectivity index is 2.16. The third kappa shape index (κ3) is 1.79. The lowest BCUT2D eigenvalue weighted by Crippen LogP contribution is -2.54. The van der Waals surface area contributed by atoms with Crippen LogP contribution < -0.4 is 4.90 Å². The Morgan fingerprint density at radius 1 is 1.56 bits per heavy atom. The van der Waals surface area contributed by atoms with Crippen molar-refractivity contribution >= 4 is 26.4 Å². The second-order valence-corrected chi connectivity index (χ2v) is 6.99. The van der Waals surface area contributed by atoms with Gasteiger partial charge in [-0.05, 0) is 18.5 Å². The number of hydrogen-bond acceptors (Lipinski definition) is 6. The molecule has 5 nitrogen and oxygen atoms in total. The van der Waals surface area contributed by atoms with E-state index < -0.39 is 9.84 Å². The molecule has 2 heterocycles. The van der Waals surface area contributed by atoms with Gasteiger partial charge in [0.15, 0.2) is 9.84 Å². The number of aromatic nitrogens is 1. The summed E-state index contributed by atoms with van der Waals surface area (Å²) in [4.78, 5) is 1.90. The Morgan fingerprint density at radius 3 is 2.69 bits per heavy atom. The first-order valence-electron chi connectivity index (χ1n) is 4.73. The number of hydrogen-bond donors (Lipinski definition) is 0. The molecule has 1 aliphatic rings. The van der Waals surface area contributed by atoms with Gasteiger partial charge in [-0.2, -0.15) is 9.64 Å². The molecule has 0 aromatic carbocycles. The number of sulfone groups is 1. The molecule has 1 aromatic rings. The Hall–Kier alpha value is -1.13. The molecule has 16 heavy (non-hydrogen) atoms. The lowest BCUT2D eigenvalue weighted by molar-refractivity contribution is 0.548. The minimum atomic E-state index is -2.96. The van der Waals surface area contributed by atoms with E-state index in [9.17, 15) is 8.42 Å². The van der Waals surface area contributed by atoms with Crippen LogP contribution in [0.1, 0.15) is 11.3 Å². The molecule has 0 atom stereocenters. The Morgan fingerprint density at radius 2 is 2.19 bits per heavy atom. The highest BCUT2D eigenvalue weighted by molar-refractivity contribution is 7.91. The summed E-state index contributed by atoms with van der Waals surface area (Å²) in [5.41, 5.74) is 1.28. The molecule has 7 heteroatoms. The molecule has 0 bridgehead atoms. The first-order chi connectivity index (χ1) is 7.43. The third-order valence-corrected chi connectivity index (χ3v) is 5.21. The van der Waals surface area contributed by atoms with E-state index in [1.54, 1.807) is 6.92 Å². The van der Waals surface area contributed by atoms with Crippen molar-refractivity contribution in [1.29, 1.82) is 5.26 Å². The number of nitrogens with zero attached hydrogens (tertiary/aromatic N) is 3. The molecule has 1 aromatic heterocycles. The van der Waals surface area contributed by atoms with Gasteiger partial charge in [0.1, 0.15) is 16.6 Å². The van der Waals surface area contributed by atoms with Gasteiger partial charge in [0.25, 0.3) is 0 Å². The van der Waals surface area contributed by atoms with Crippen molar-refractivity contribution < 1.29 is 8.42 Å². The van der Waals surface area contributed by atoms with Gasteiger partial charge in [-0.3, -0.25) is 0 Å². The van der Waals surface area contributed by atoms with Crippen LogP contribution in [-0.2, 0) is 9.84 Å². The summed E-state index contributed by atoms with van der Waals surface area (Å²) >= 11 is 1.26. The van der Waals surface area contributed by atoms with Crippen molar-refractivity contribution in [2.24, 2.45) is 0 Å². The van der Waals surface area contributed by atoms with Gasteiger partial charge in [0, 0.05) is 19.3 Å². The van der Waals surface area contributed by atoms with Gasteiger partial charge in [-0.1, -0.05) is 0 Å². The number of anilines is 1. The minimum Gasteiger partial charge on any atom is -0.358 e. The summed E-state index contributed by atoms with van der Waals surface area (Å²) in [7, 11) is -2.96. The molecule has 0 saturated carbocycles. The molecule has 0 amide bonds. The van der Waals surface area contributed by atoms with Gasteiger partial charge < -0.3 is 4.90 Å². The molecule has 1 saturated heterocycles. The minimum absolute atomic E-state index is 0.304. The standard InChI is InChI=1S/C9H11N3O2S2/c1-6-8(3-10)9(15-11-6)12-4-7(5-12)16(2,13)14/h7H,4-5H2,1-2H3. The van der Waals surface area contributed by atoms with Crippen LogP contribution in [0.4, 0.5) is 5.00 Å². The Kier molecular flexibility index (Phi) is 2.64. The highest BCUT2D eigenvalue weighted by Gasteiger charge is 2.36. The predicted octanol–water partition coefficient (Wildman–Crippen LogP) is 0.556. The molecular formula is C9H11N3O2S2. The largest absolute Gasteiger partial charge is 0.358 e. The fourth-order valence-electron chi connectivity index (χ4n) is 1.58. The van der Waals surface area contributed by atoms with Crippen LogP contribution in [0.25, 0.3) is 0 Å². The quantitative estimate of drug-likeness (QED) is 0.773. The van der Waals surface area contributed by atoms with Crippen molar-refractivity contribution in [3.8, 4) is 6.07 Å². The lowest BCUT2D eigenvalue weighted by Gasteiger charge is -2.38. The smallest absolute Gasteiger partial charge is 0.153 e. The van der Waals surface area contributed by atoms with Gasteiger partial charge in [0.2, 0.25) is 0 Å². The van der Waals surface area contributed by atoms with Crippen LogP contribution in [0.5, 0.6) is 0 Å². The highest BCUT2D eigenvalue weighted by atomic mass is 32.2. The average molecular weight is 257 g/mol. The molecule has 0 radical (unpaired) electrons. The second-order valence-electron chi connectivity index (χ2n) is 3.92. The van der Waals surface area contributed by atoms with E-state index in [0.717, 1.165) is 5.00 Å². The van der Waals surface area contributed by atoms with Crippen LogP contribution >= 0.6 is 11.5 Å². The monoisotopic (exact) mass is 257 g/mol. The van der Waals surface area contributed by atoms with Crippen LogP contribution in [0.15, 0.2) is 0 Å². The SMILES string of the molecule is Cc1nsc(N2CC(S(C)(=O)=O)C2)c1C#N. The van der Waals surface area contributed by atoms with Crippen molar-refractivity contribution in [3.63, 3.8) is 0 Å². The van der Waals surface area contributed by atoms with Crippen LogP contribution in [-0.4, -0.2) is 37.4 Å². The van der Waals surface area contributed by atoms with Crippen molar-refractivity contribution in [3.05, 3.63) is 11.3 Å². The zero-order valence-electron chi connectivity index (χ0n) is 8.97. The van der Waals surface area contributed by atoms with E-state index in [1.807, 2.05) is 4.90 Å². The zero-order valence-corrected chi connectivity index (χ0v) is 10.6. The summed E-state index contributed by atoms with van der Waals surface area (Å²) in [5.74, 6) is 0. The van der Waals surface area contributed by atoms with Gasteiger partial charge in [-0.25, -0.2) is 8.42 Å². The number of nitriles is 1. The van der Waals surface area contributed by atoms with Crippen molar-refractivity contribution in [2.75, 3.05) is 24.2 Å². The predicted molar refractivity (Wildman–Crippen MR) is 62.4 cm³/mol. The van der Waals surface area contributed by atoms with Gasteiger partial charge in [0.05, 0.1) is 10.9 Å². The third-order valence-electron chi connectivity index (χ3n) is 2.70. The van der Waals surface area contributed by atoms with E-state index in [-0.39, 0.29) is 5.25 Å². The molecule has 2 rings (SSSR count). The number of aryl methyl sites for hydroxylation is 1. The lowest BCUT2D eigenvalue weighted by atomic mass is 10.2. The van der Waals surface area contributed by atoms with Crippen LogP contribution in [0.3, 0.4) is 0 Å². The fourth-order valence-corrected chi connectivity index (χ4v) is 3.34. The summed E-state index contributed by atoms with van der Waals surface area (Å²) in [5, 5.41) is 9.44. The molecule has 1 fully saturated rings. The number of rotatable bonds is 2. The Labute approximate surface area is 98.4 Å². The van der Waals surface area contributed by atoms with Gasteiger partial charge in [-0.15, -0.1) is 0 Å². The van der Waals surface area contributed by atoms with Gasteiger partial charge >= 0.3 is 0 Å². The first kappa shape index (κ1) is 11.4. The van der Waals surface area contributed by atoms with Crippen LogP contribution in [0.2, 0.25) is 0 Å². The molecule has 0 spiro atoms. The average Bonchev–Trinajstić information content (AvgIpc) is 2.42. The summed E-state index contributed by atoms with van der Waals surface area (Å²) in [6, 6.07) is 2.10. The first-order valence-corrected chi connectivity index (χ1v) is 7.46. The zero-order chi connectivity index (χ0) is 11.9. The van der Waals surface area contributed by atoms with E-state index in [2.05, 4.69) is 10.4 Å². The highest BCUT2D eigenvalue weighted by Crippen LogP contribution is 2.32. The normalized spacial score (nSPS) is 16.9. The summed E-state index contributed by atoms with van der Waals surface area (Å²) in [6.07, 6.45) is 1.25. The Bertz CT molecular complexity index is 550. The fraction of sp³-hybridized carbons (Fsp3) is 0.556. The summed E-state index contributed by atoms with van der Waals surface area (Å²) < 4.78 is 26.6. The molecule has 0 unspecified atom stereocenters. The van der Waals surface area contributed by atoms with Crippen LogP contribution in [0, 0.1) is 18.3 Å². The maximum Gasteiger partial charge on any atom is 0.153 e. The maximum absolute atomic E-state index is 11.2.